The molecule has 0 aromatic rings. The van der Waals surface area contributed by atoms with E-state index in [0.29, 0.717) is 11.2 Å². The van der Waals surface area contributed by atoms with Gasteiger partial charge in [0.2, 0.25) is 0 Å². The minimum Gasteiger partial charge on any atom is -0.295 e. The molecule has 0 radical (unpaired) electrons. The second-order valence-corrected chi connectivity index (χ2v) is 8.50. The van der Waals surface area contributed by atoms with E-state index in [9.17, 15) is 4.79 Å². The lowest BCUT2D eigenvalue weighted by Gasteiger charge is -2.52. The Hall–Kier alpha value is -0.590. The molecule has 0 amide bonds. The second-order valence-electron chi connectivity index (χ2n) is 8.50. The summed E-state index contributed by atoms with van der Waals surface area (Å²) in [7, 11) is 0. The number of hydrogen-bond acceptors (Lipinski definition) is 1. The van der Waals surface area contributed by atoms with Gasteiger partial charge in [-0.05, 0) is 61.2 Å². The largest absolute Gasteiger partial charge is 0.295 e. The molecule has 4 aliphatic carbocycles. The summed E-state index contributed by atoms with van der Waals surface area (Å²) < 4.78 is 0. The molecule has 0 aliphatic heterocycles. The van der Waals surface area contributed by atoms with Crippen molar-refractivity contribution in [2.24, 2.45) is 22.7 Å². The van der Waals surface area contributed by atoms with Gasteiger partial charge >= 0.3 is 0 Å². The number of allylic oxidation sites excluding steroid dienone is 2. The molecule has 0 spiro atoms. The molecule has 4 atom stereocenters. The van der Waals surface area contributed by atoms with E-state index >= 15 is 0 Å². The van der Waals surface area contributed by atoms with Crippen molar-refractivity contribution in [1.82, 2.24) is 0 Å². The first-order chi connectivity index (χ1) is 9.55. The third kappa shape index (κ3) is 1.58. The molecule has 0 unspecified atom stereocenters. The Kier molecular flexibility index (Phi) is 2.76. The zero-order valence-electron chi connectivity index (χ0n) is 13.1. The van der Waals surface area contributed by atoms with Gasteiger partial charge in [0, 0.05) is 12.0 Å². The predicted octanol–water partition coefficient (Wildman–Crippen LogP) is 5.05. The van der Waals surface area contributed by atoms with Gasteiger partial charge in [-0.3, -0.25) is 4.79 Å². The van der Waals surface area contributed by atoms with Crippen LogP contribution < -0.4 is 0 Å². The van der Waals surface area contributed by atoms with Crippen LogP contribution in [0.5, 0.6) is 0 Å². The Morgan fingerprint density at radius 3 is 2.70 bits per heavy atom. The Balaban J connectivity index is 1.83. The molecule has 110 valence electrons. The second kappa shape index (κ2) is 4.21. The summed E-state index contributed by atoms with van der Waals surface area (Å²) >= 11 is 0. The molecule has 1 heteroatoms. The number of fused-ring (bicyclic) bond motifs is 4. The summed E-state index contributed by atoms with van der Waals surface area (Å²) in [6, 6.07) is 0. The van der Waals surface area contributed by atoms with E-state index in [1.54, 1.807) is 5.57 Å². The maximum atomic E-state index is 13.0. The van der Waals surface area contributed by atoms with Crippen molar-refractivity contribution in [1.29, 1.82) is 0 Å². The molecule has 0 saturated heterocycles. The first-order valence-corrected chi connectivity index (χ1v) is 8.81. The molecular formula is C19H28O. The highest BCUT2D eigenvalue weighted by Crippen LogP contribution is 2.62. The van der Waals surface area contributed by atoms with Crippen LogP contribution in [0.2, 0.25) is 0 Å². The van der Waals surface area contributed by atoms with Crippen LogP contribution in [-0.2, 0) is 4.79 Å². The van der Waals surface area contributed by atoms with Crippen LogP contribution in [-0.4, -0.2) is 5.78 Å². The van der Waals surface area contributed by atoms with E-state index in [2.05, 4.69) is 13.8 Å². The van der Waals surface area contributed by atoms with Gasteiger partial charge in [0.1, 0.15) is 0 Å². The fourth-order valence-electron chi connectivity index (χ4n) is 6.36. The highest BCUT2D eigenvalue weighted by Gasteiger charge is 2.54. The number of carbonyl (C=O) groups excluding carboxylic acids is 1. The lowest BCUT2D eigenvalue weighted by Crippen LogP contribution is -2.45. The topological polar surface area (TPSA) is 17.1 Å². The fraction of sp³-hybridized carbons (Fsp3) is 0.842. The number of ketones is 1. The first-order valence-electron chi connectivity index (χ1n) is 8.81. The minimum absolute atomic E-state index is 0.243. The van der Waals surface area contributed by atoms with Crippen LogP contribution in [0.15, 0.2) is 11.1 Å². The molecule has 2 saturated carbocycles. The van der Waals surface area contributed by atoms with Crippen molar-refractivity contribution in [3.05, 3.63) is 11.1 Å². The Morgan fingerprint density at radius 2 is 1.85 bits per heavy atom. The molecule has 0 aromatic carbocycles. The number of carbonyl (C=O) groups is 1. The molecule has 0 bridgehead atoms. The predicted molar refractivity (Wildman–Crippen MR) is 81.4 cm³/mol. The molecule has 1 nitrogen and oxygen atoms in total. The van der Waals surface area contributed by atoms with E-state index in [1.165, 1.54) is 63.4 Å². The lowest BCUT2D eigenvalue weighted by atomic mass is 9.51. The van der Waals surface area contributed by atoms with Crippen LogP contribution in [0, 0.1) is 22.7 Å². The molecule has 0 heterocycles. The van der Waals surface area contributed by atoms with Crippen molar-refractivity contribution in [2.45, 2.75) is 78.1 Å². The average Bonchev–Trinajstić information content (AvgIpc) is 2.78. The van der Waals surface area contributed by atoms with Crippen LogP contribution in [0.3, 0.4) is 0 Å². The van der Waals surface area contributed by atoms with Crippen LogP contribution in [0.1, 0.15) is 78.1 Å². The maximum Gasteiger partial charge on any atom is 0.159 e. The van der Waals surface area contributed by atoms with Gasteiger partial charge in [0.15, 0.2) is 5.78 Å². The summed E-state index contributed by atoms with van der Waals surface area (Å²) in [4.78, 5) is 13.0. The van der Waals surface area contributed by atoms with E-state index in [1.807, 2.05) is 0 Å². The summed E-state index contributed by atoms with van der Waals surface area (Å²) in [6.07, 6.45) is 12.8. The normalized spacial score (nSPS) is 47.8. The number of rotatable bonds is 0. The smallest absolute Gasteiger partial charge is 0.159 e. The minimum atomic E-state index is 0.243. The van der Waals surface area contributed by atoms with Crippen LogP contribution in [0.4, 0.5) is 0 Å². The molecule has 4 rings (SSSR count). The maximum absolute atomic E-state index is 13.0. The fourth-order valence-corrected chi connectivity index (χ4v) is 6.36. The molecule has 20 heavy (non-hydrogen) atoms. The van der Waals surface area contributed by atoms with Gasteiger partial charge in [0.05, 0.1) is 0 Å². The summed E-state index contributed by atoms with van der Waals surface area (Å²) in [5, 5.41) is 0. The summed E-state index contributed by atoms with van der Waals surface area (Å²) in [5.41, 5.74) is 3.53. The zero-order valence-corrected chi connectivity index (χ0v) is 13.1. The summed E-state index contributed by atoms with van der Waals surface area (Å²) in [6.45, 7) is 4.82. The van der Waals surface area contributed by atoms with Crippen LogP contribution in [0.25, 0.3) is 0 Å². The number of Topliss-reactive ketones (excluding diaryl/α,β-unsaturated/α-hetero) is 1. The summed E-state index contributed by atoms with van der Waals surface area (Å²) in [5.74, 6) is 2.08. The van der Waals surface area contributed by atoms with Gasteiger partial charge < -0.3 is 0 Å². The number of hydrogen-bond donors (Lipinski definition) is 0. The molecular weight excluding hydrogens is 244 g/mol. The first kappa shape index (κ1) is 13.1. The molecule has 0 N–H and O–H groups in total. The third-order valence-electron chi connectivity index (χ3n) is 7.40. The zero-order chi connectivity index (χ0) is 14.0. The van der Waals surface area contributed by atoms with Crippen molar-refractivity contribution in [2.75, 3.05) is 0 Å². The molecule has 0 aromatic heterocycles. The average molecular weight is 272 g/mol. The van der Waals surface area contributed by atoms with Gasteiger partial charge in [-0.25, -0.2) is 0 Å². The molecule has 4 aliphatic rings. The standard InChI is InChI=1S/C19H28O/c1-18-10-5-7-15(18)14-9-8-13-6-3-4-11-19(13,2)17(14)16(20)12-18/h13,15H,3-12H2,1-2H3/t13-,15+,18+,19+/m1/s1. The van der Waals surface area contributed by atoms with E-state index in [4.69, 9.17) is 0 Å². The van der Waals surface area contributed by atoms with Crippen molar-refractivity contribution in [3.63, 3.8) is 0 Å². The molecule has 2 fully saturated rings. The van der Waals surface area contributed by atoms with Crippen LogP contribution >= 0.6 is 0 Å². The van der Waals surface area contributed by atoms with Gasteiger partial charge in [-0.15, -0.1) is 0 Å². The highest BCUT2D eigenvalue weighted by molar-refractivity contribution is 5.99. The van der Waals surface area contributed by atoms with E-state index in [0.717, 1.165) is 18.3 Å². The van der Waals surface area contributed by atoms with Gasteiger partial charge in [0.25, 0.3) is 0 Å². The van der Waals surface area contributed by atoms with Gasteiger partial charge in [-0.2, -0.15) is 0 Å². The van der Waals surface area contributed by atoms with Crippen molar-refractivity contribution >= 4 is 5.78 Å². The monoisotopic (exact) mass is 272 g/mol. The lowest BCUT2D eigenvalue weighted by molar-refractivity contribution is -0.121. The Labute approximate surface area is 123 Å². The van der Waals surface area contributed by atoms with Gasteiger partial charge in [-0.1, -0.05) is 38.7 Å². The van der Waals surface area contributed by atoms with E-state index < -0.39 is 0 Å². The quantitative estimate of drug-likeness (QED) is 0.603. The van der Waals surface area contributed by atoms with Crippen molar-refractivity contribution < 1.29 is 4.79 Å². The Bertz CT molecular complexity index is 488. The van der Waals surface area contributed by atoms with E-state index in [-0.39, 0.29) is 5.41 Å². The SMILES string of the molecule is C[C@@]12CCC[C@H]1C1=C(C(=O)C2)[C@@]2(C)CCCC[C@@H]2CC1. The Morgan fingerprint density at radius 1 is 1.00 bits per heavy atom. The third-order valence-corrected chi connectivity index (χ3v) is 7.40. The highest BCUT2D eigenvalue weighted by atomic mass is 16.1. The van der Waals surface area contributed by atoms with Crippen molar-refractivity contribution in [3.8, 4) is 0 Å².